The Labute approximate surface area is 150 Å². The fourth-order valence-corrected chi connectivity index (χ4v) is 3.73. The Morgan fingerprint density at radius 2 is 2.00 bits per heavy atom. The third-order valence-electron chi connectivity index (χ3n) is 4.08. The molecular weight excluding hydrogens is 341 g/mol. The summed E-state index contributed by atoms with van der Waals surface area (Å²) in [6, 6.07) is 6.20. The second-order valence-corrected chi connectivity index (χ2v) is 7.06. The standard InChI is InChI=1S/C17H22FN5OS/c1-2-5-16-20-21-17(25-16)23-10-8-22(9-11-23)12-15(24)19-14-7-4-3-6-13(14)18/h3-4,6-7H,2,5,8-12H2,1H3,(H,19,24). The first-order chi connectivity index (χ1) is 12.2. The predicted molar refractivity (Wildman–Crippen MR) is 97.6 cm³/mol. The number of nitrogens with one attached hydrogen (secondary N) is 1. The van der Waals surface area contributed by atoms with Gasteiger partial charge in [-0.25, -0.2) is 4.39 Å². The van der Waals surface area contributed by atoms with E-state index in [9.17, 15) is 9.18 Å². The van der Waals surface area contributed by atoms with Crippen molar-refractivity contribution in [1.82, 2.24) is 15.1 Å². The minimum absolute atomic E-state index is 0.195. The van der Waals surface area contributed by atoms with Crippen molar-refractivity contribution in [3.05, 3.63) is 35.1 Å². The first-order valence-corrected chi connectivity index (χ1v) is 9.31. The number of aryl methyl sites for hydroxylation is 1. The average Bonchev–Trinajstić information content (AvgIpc) is 3.07. The number of para-hydroxylation sites is 1. The van der Waals surface area contributed by atoms with E-state index in [2.05, 4.69) is 32.2 Å². The first kappa shape index (κ1) is 17.8. The van der Waals surface area contributed by atoms with Gasteiger partial charge in [-0.2, -0.15) is 0 Å². The number of hydrogen-bond acceptors (Lipinski definition) is 6. The highest BCUT2D eigenvalue weighted by molar-refractivity contribution is 7.15. The van der Waals surface area contributed by atoms with Gasteiger partial charge in [-0.3, -0.25) is 9.69 Å². The molecule has 0 bridgehead atoms. The molecule has 134 valence electrons. The van der Waals surface area contributed by atoms with Crippen LogP contribution in [0.3, 0.4) is 0 Å². The lowest BCUT2D eigenvalue weighted by molar-refractivity contribution is -0.117. The van der Waals surface area contributed by atoms with Crippen LogP contribution in [0.5, 0.6) is 0 Å². The van der Waals surface area contributed by atoms with E-state index in [0.29, 0.717) is 0 Å². The summed E-state index contributed by atoms with van der Waals surface area (Å²) in [5, 5.41) is 13.1. The van der Waals surface area contributed by atoms with E-state index in [0.717, 1.165) is 49.2 Å². The van der Waals surface area contributed by atoms with Crippen LogP contribution in [0.4, 0.5) is 15.2 Å². The van der Waals surface area contributed by atoms with Gasteiger partial charge in [0.15, 0.2) is 0 Å². The summed E-state index contributed by atoms with van der Waals surface area (Å²) in [6.45, 7) is 5.56. The SMILES string of the molecule is CCCc1nnc(N2CCN(CC(=O)Nc3ccccc3F)CC2)s1. The molecule has 0 unspecified atom stereocenters. The maximum Gasteiger partial charge on any atom is 0.238 e. The number of piperazine rings is 1. The molecule has 1 saturated heterocycles. The van der Waals surface area contributed by atoms with Crippen LogP contribution in [-0.2, 0) is 11.2 Å². The molecule has 25 heavy (non-hydrogen) atoms. The molecule has 1 amide bonds. The third kappa shape index (κ3) is 4.73. The fraction of sp³-hybridized carbons (Fsp3) is 0.471. The van der Waals surface area contributed by atoms with Crippen LogP contribution in [-0.4, -0.2) is 53.7 Å². The van der Waals surface area contributed by atoms with Crippen LogP contribution in [0.15, 0.2) is 24.3 Å². The number of aromatic nitrogens is 2. The zero-order valence-electron chi connectivity index (χ0n) is 14.2. The molecule has 1 aliphatic heterocycles. The van der Waals surface area contributed by atoms with Crippen LogP contribution in [0.25, 0.3) is 0 Å². The van der Waals surface area contributed by atoms with E-state index in [1.54, 1.807) is 29.5 Å². The van der Waals surface area contributed by atoms with Gasteiger partial charge in [0.05, 0.1) is 12.2 Å². The molecule has 0 aliphatic carbocycles. The largest absolute Gasteiger partial charge is 0.344 e. The molecule has 1 N–H and O–H groups in total. The summed E-state index contributed by atoms with van der Waals surface area (Å²) in [4.78, 5) is 16.4. The predicted octanol–water partition coefficient (Wildman–Crippen LogP) is 2.39. The number of rotatable bonds is 6. The van der Waals surface area contributed by atoms with Crippen molar-refractivity contribution in [3.8, 4) is 0 Å². The number of nitrogens with zero attached hydrogens (tertiary/aromatic N) is 4. The minimum atomic E-state index is -0.417. The Hall–Kier alpha value is -2.06. The summed E-state index contributed by atoms with van der Waals surface area (Å²) in [5.41, 5.74) is 0.225. The minimum Gasteiger partial charge on any atom is -0.344 e. The smallest absolute Gasteiger partial charge is 0.238 e. The Balaban J connectivity index is 1.47. The van der Waals surface area contributed by atoms with E-state index in [4.69, 9.17) is 0 Å². The molecule has 3 rings (SSSR count). The average molecular weight is 363 g/mol. The molecule has 0 radical (unpaired) electrons. The van der Waals surface area contributed by atoms with Crippen molar-refractivity contribution < 1.29 is 9.18 Å². The third-order valence-corrected chi connectivity index (χ3v) is 5.12. The van der Waals surface area contributed by atoms with Gasteiger partial charge < -0.3 is 10.2 Å². The molecule has 2 aromatic rings. The summed E-state index contributed by atoms with van der Waals surface area (Å²) in [5.74, 6) is -0.612. The molecule has 6 nitrogen and oxygen atoms in total. The second-order valence-electron chi connectivity index (χ2n) is 6.02. The van der Waals surface area contributed by atoms with E-state index >= 15 is 0 Å². The lowest BCUT2D eigenvalue weighted by Crippen LogP contribution is -2.48. The topological polar surface area (TPSA) is 61.4 Å². The molecule has 2 heterocycles. The van der Waals surface area contributed by atoms with Crippen molar-refractivity contribution >= 4 is 28.1 Å². The number of carbonyl (C=O) groups excluding carboxylic acids is 1. The van der Waals surface area contributed by atoms with Crippen LogP contribution in [0, 0.1) is 5.82 Å². The summed E-state index contributed by atoms with van der Waals surface area (Å²) >= 11 is 1.65. The van der Waals surface area contributed by atoms with Crippen molar-refractivity contribution in [2.45, 2.75) is 19.8 Å². The molecular formula is C17H22FN5OS. The van der Waals surface area contributed by atoms with Gasteiger partial charge in [0.25, 0.3) is 0 Å². The van der Waals surface area contributed by atoms with Gasteiger partial charge in [0, 0.05) is 32.6 Å². The number of amides is 1. The zero-order chi connectivity index (χ0) is 17.6. The molecule has 0 atom stereocenters. The van der Waals surface area contributed by atoms with E-state index in [1.165, 1.54) is 6.07 Å². The van der Waals surface area contributed by atoms with Crippen LogP contribution in [0.2, 0.25) is 0 Å². The van der Waals surface area contributed by atoms with Crippen LogP contribution < -0.4 is 10.2 Å². The maximum atomic E-state index is 13.6. The zero-order valence-corrected chi connectivity index (χ0v) is 15.1. The summed E-state index contributed by atoms with van der Waals surface area (Å²) < 4.78 is 13.6. The monoisotopic (exact) mass is 363 g/mol. The number of anilines is 2. The van der Waals surface area contributed by atoms with Crippen molar-refractivity contribution in [2.75, 3.05) is 42.9 Å². The van der Waals surface area contributed by atoms with Gasteiger partial charge in [-0.05, 0) is 18.6 Å². The molecule has 8 heteroatoms. The Morgan fingerprint density at radius 3 is 2.72 bits per heavy atom. The van der Waals surface area contributed by atoms with Gasteiger partial charge in [0.2, 0.25) is 11.0 Å². The highest BCUT2D eigenvalue weighted by atomic mass is 32.1. The van der Waals surface area contributed by atoms with Gasteiger partial charge in [0.1, 0.15) is 10.8 Å². The van der Waals surface area contributed by atoms with E-state index < -0.39 is 5.82 Å². The molecule has 1 aromatic heterocycles. The lowest BCUT2D eigenvalue weighted by Gasteiger charge is -2.33. The van der Waals surface area contributed by atoms with Crippen molar-refractivity contribution in [1.29, 1.82) is 0 Å². The first-order valence-electron chi connectivity index (χ1n) is 8.49. The summed E-state index contributed by atoms with van der Waals surface area (Å²) in [7, 11) is 0. The summed E-state index contributed by atoms with van der Waals surface area (Å²) in [6.07, 6.45) is 2.04. The van der Waals surface area contributed by atoms with Crippen molar-refractivity contribution in [2.24, 2.45) is 0 Å². The normalized spacial score (nSPS) is 15.4. The highest BCUT2D eigenvalue weighted by Gasteiger charge is 2.21. The molecule has 1 aliphatic rings. The highest BCUT2D eigenvalue weighted by Crippen LogP contribution is 2.22. The van der Waals surface area contributed by atoms with Crippen LogP contribution >= 0.6 is 11.3 Å². The Morgan fingerprint density at radius 1 is 1.24 bits per heavy atom. The van der Waals surface area contributed by atoms with Crippen LogP contribution in [0.1, 0.15) is 18.4 Å². The van der Waals surface area contributed by atoms with E-state index in [-0.39, 0.29) is 18.1 Å². The fourth-order valence-electron chi connectivity index (χ4n) is 2.74. The number of carbonyl (C=O) groups is 1. The molecule has 1 aromatic carbocycles. The number of benzene rings is 1. The second kappa shape index (κ2) is 8.35. The number of halogens is 1. The van der Waals surface area contributed by atoms with Gasteiger partial charge >= 0.3 is 0 Å². The Kier molecular flexibility index (Phi) is 5.93. The molecule has 0 spiro atoms. The maximum absolute atomic E-state index is 13.6. The number of hydrogen-bond donors (Lipinski definition) is 1. The van der Waals surface area contributed by atoms with E-state index in [1.807, 2.05) is 0 Å². The van der Waals surface area contributed by atoms with Crippen molar-refractivity contribution in [3.63, 3.8) is 0 Å². The lowest BCUT2D eigenvalue weighted by atomic mass is 10.3. The Bertz CT molecular complexity index is 715. The molecule has 1 fully saturated rings. The molecule has 0 saturated carbocycles. The quantitative estimate of drug-likeness (QED) is 0.854. The van der Waals surface area contributed by atoms with Gasteiger partial charge in [-0.15, -0.1) is 10.2 Å². The van der Waals surface area contributed by atoms with Gasteiger partial charge in [-0.1, -0.05) is 30.4 Å².